The van der Waals surface area contributed by atoms with Gasteiger partial charge < -0.3 is 10.2 Å². The van der Waals surface area contributed by atoms with Gasteiger partial charge in [-0.05, 0) is 26.9 Å². The second-order valence-corrected chi connectivity index (χ2v) is 3.34. The van der Waals surface area contributed by atoms with E-state index < -0.39 is 0 Å². The zero-order valence-corrected chi connectivity index (χ0v) is 13.1. The van der Waals surface area contributed by atoms with Gasteiger partial charge in [0.2, 0.25) is 0 Å². The minimum Gasteiger partial charge on any atom is -0.658 e. The third-order valence-corrected chi connectivity index (χ3v) is 2.06. The number of piperazine rings is 1. The van der Waals surface area contributed by atoms with Crippen LogP contribution in [0.2, 0.25) is 0 Å². The maximum Gasteiger partial charge on any atom is 1.00 e. The van der Waals surface area contributed by atoms with Gasteiger partial charge in [0.1, 0.15) is 0 Å². The average molecular weight is 227 g/mol. The summed E-state index contributed by atoms with van der Waals surface area (Å²) < 4.78 is 0. The molecular weight excluding hydrogens is 210 g/mol. The molecule has 0 spiro atoms. The van der Waals surface area contributed by atoms with Crippen LogP contribution < -0.4 is 58.2 Å². The van der Waals surface area contributed by atoms with Gasteiger partial charge >= 0.3 is 58.2 Å². The predicted molar refractivity (Wildman–Crippen MR) is 44.4 cm³/mol. The summed E-state index contributed by atoms with van der Waals surface area (Å²) >= 11 is 0. The van der Waals surface area contributed by atoms with E-state index in [9.17, 15) is 0 Å². The van der Waals surface area contributed by atoms with Crippen molar-refractivity contribution in [2.24, 2.45) is 0 Å². The number of hydrogen-bond acceptors (Lipinski definition) is 1. The Balaban J connectivity index is 0.000001000. The molecule has 0 amide bonds. The van der Waals surface area contributed by atoms with Gasteiger partial charge in [-0.2, -0.15) is 0 Å². The fraction of sp³-hybridized carbons (Fsp3) is 1.00. The average Bonchev–Trinajstić information content (AvgIpc) is 1.88. The normalized spacial score (nSPS) is 26.7. The number of hydrogen-bond donors (Lipinski definition) is 0. The van der Waals surface area contributed by atoms with Crippen LogP contribution in [0, 0.1) is 0 Å². The van der Waals surface area contributed by atoms with E-state index in [2.05, 4.69) is 31.0 Å². The van der Waals surface area contributed by atoms with Crippen LogP contribution in [0.3, 0.4) is 0 Å². The van der Waals surface area contributed by atoms with Crippen LogP contribution in [0.5, 0.6) is 0 Å². The van der Waals surface area contributed by atoms with Gasteiger partial charge in [-0.1, -0.05) is 6.92 Å². The molecule has 1 aliphatic rings. The SMILES string of the molecule is CC1CN(C(C)C)CC[N-]1.[Rb+]. The first-order valence-electron chi connectivity index (χ1n) is 4.11. The van der Waals surface area contributed by atoms with Crippen LogP contribution in [0.4, 0.5) is 0 Å². The maximum absolute atomic E-state index is 4.42. The smallest absolute Gasteiger partial charge is 0.658 e. The van der Waals surface area contributed by atoms with Crippen molar-refractivity contribution in [3.05, 3.63) is 5.32 Å². The van der Waals surface area contributed by atoms with E-state index in [1.165, 1.54) is 0 Å². The number of nitrogens with zero attached hydrogens (tertiary/aromatic N) is 2. The fourth-order valence-corrected chi connectivity index (χ4v) is 1.36. The van der Waals surface area contributed by atoms with Crippen LogP contribution in [-0.4, -0.2) is 36.6 Å². The molecule has 2 nitrogen and oxygen atoms in total. The fourth-order valence-electron chi connectivity index (χ4n) is 1.36. The van der Waals surface area contributed by atoms with Crippen molar-refractivity contribution in [2.75, 3.05) is 19.6 Å². The second kappa shape index (κ2) is 6.22. The predicted octanol–water partition coefficient (Wildman–Crippen LogP) is -1.52. The van der Waals surface area contributed by atoms with Crippen molar-refractivity contribution in [3.8, 4) is 0 Å². The van der Waals surface area contributed by atoms with E-state index in [0.717, 1.165) is 19.6 Å². The monoisotopic (exact) mass is 226 g/mol. The molecule has 1 rings (SSSR count). The minimum absolute atomic E-state index is 0. The molecule has 1 unspecified atom stereocenters. The van der Waals surface area contributed by atoms with E-state index >= 15 is 0 Å². The van der Waals surface area contributed by atoms with Crippen LogP contribution in [0.15, 0.2) is 0 Å². The first-order chi connectivity index (χ1) is 4.70. The van der Waals surface area contributed by atoms with Gasteiger partial charge in [-0.25, -0.2) is 0 Å². The van der Waals surface area contributed by atoms with E-state index in [4.69, 9.17) is 0 Å². The molecule has 0 bridgehead atoms. The van der Waals surface area contributed by atoms with Crippen molar-refractivity contribution in [3.63, 3.8) is 0 Å². The van der Waals surface area contributed by atoms with Gasteiger partial charge in [-0.15, -0.1) is 12.6 Å². The zero-order chi connectivity index (χ0) is 7.56. The van der Waals surface area contributed by atoms with Crippen LogP contribution in [-0.2, 0) is 0 Å². The molecule has 3 heteroatoms. The molecule has 0 saturated carbocycles. The second-order valence-electron chi connectivity index (χ2n) is 3.34. The van der Waals surface area contributed by atoms with E-state index in [1.54, 1.807) is 0 Å². The molecule has 1 fully saturated rings. The largest absolute Gasteiger partial charge is 1.00 e. The van der Waals surface area contributed by atoms with E-state index in [0.29, 0.717) is 12.1 Å². The van der Waals surface area contributed by atoms with Crippen molar-refractivity contribution in [1.82, 2.24) is 4.90 Å². The van der Waals surface area contributed by atoms with Gasteiger partial charge in [0.05, 0.1) is 0 Å². The molecule has 1 atom stereocenters. The van der Waals surface area contributed by atoms with Crippen LogP contribution >= 0.6 is 0 Å². The third kappa shape index (κ3) is 4.48. The maximum atomic E-state index is 4.42. The van der Waals surface area contributed by atoms with Crippen LogP contribution in [0.25, 0.3) is 5.32 Å². The number of rotatable bonds is 1. The standard InChI is InChI=1S/C8H17N2.Rb/c1-7(2)10-5-4-9-8(3)6-10;/h7-8H,4-6H2,1-3H3;/q-1;+1. The topological polar surface area (TPSA) is 17.3 Å². The molecule has 1 aliphatic heterocycles. The summed E-state index contributed by atoms with van der Waals surface area (Å²) in [7, 11) is 0. The summed E-state index contributed by atoms with van der Waals surface area (Å²) in [6.07, 6.45) is 0. The Kier molecular flexibility index (Phi) is 7.20. The molecule has 0 aromatic rings. The summed E-state index contributed by atoms with van der Waals surface area (Å²) in [6, 6.07) is 1.24. The first-order valence-corrected chi connectivity index (χ1v) is 4.11. The van der Waals surface area contributed by atoms with Gasteiger partial charge in [0, 0.05) is 6.04 Å². The molecule has 0 radical (unpaired) electrons. The van der Waals surface area contributed by atoms with Crippen molar-refractivity contribution in [2.45, 2.75) is 32.9 Å². The summed E-state index contributed by atoms with van der Waals surface area (Å²) in [4.78, 5) is 2.48. The zero-order valence-electron chi connectivity index (χ0n) is 8.17. The molecule has 0 aromatic heterocycles. The van der Waals surface area contributed by atoms with E-state index in [-0.39, 0.29) is 58.2 Å². The molecule has 11 heavy (non-hydrogen) atoms. The minimum atomic E-state index is 0. The molecule has 1 saturated heterocycles. The molecule has 60 valence electrons. The molecule has 1 heterocycles. The molecule has 0 aliphatic carbocycles. The Morgan fingerprint density at radius 3 is 2.45 bits per heavy atom. The Hall–Kier alpha value is 1.73. The van der Waals surface area contributed by atoms with Crippen LogP contribution in [0.1, 0.15) is 20.8 Å². The summed E-state index contributed by atoms with van der Waals surface area (Å²) in [6.45, 7) is 10.0. The van der Waals surface area contributed by atoms with Gasteiger partial charge in [0.25, 0.3) is 0 Å². The van der Waals surface area contributed by atoms with Gasteiger partial charge in [0.15, 0.2) is 0 Å². The quantitative estimate of drug-likeness (QED) is 0.531. The summed E-state index contributed by atoms with van der Waals surface area (Å²) in [5.41, 5.74) is 0. The van der Waals surface area contributed by atoms with E-state index in [1.807, 2.05) is 0 Å². The third-order valence-electron chi connectivity index (χ3n) is 2.06. The Labute approximate surface area is 119 Å². The molecule has 0 aromatic carbocycles. The Morgan fingerprint density at radius 1 is 1.45 bits per heavy atom. The Morgan fingerprint density at radius 2 is 2.09 bits per heavy atom. The van der Waals surface area contributed by atoms with Crippen molar-refractivity contribution in [1.29, 1.82) is 0 Å². The van der Waals surface area contributed by atoms with Crippen molar-refractivity contribution >= 4 is 0 Å². The summed E-state index contributed by atoms with van der Waals surface area (Å²) in [5.74, 6) is 0. The molecular formula is C8H17N2Rb. The first kappa shape index (κ1) is 12.7. The Bertz CT molecular complexity index is 106. The summed E-state index contributed by atoms with van der Waals surface area (Å²) in [5, 5.41) is 4.42. The van der Waals surface area contributed by atoms with Gasteiger partial charge in [-0.3, -0.25) is 0 Å². The van der Waals surface area contributed by atoms with Crippen molar-refractivity contribution < 1.29 is 58.2 Å². The molecule has 0 N–H and O–H groups in total.